The van der Waals surface area contributed by atoms with E-state index < -0.39 is 0 Å². The van der Waals surface area contributed by atoms with Crippen molar-refractivity contribution in [2.75, 3.05) is 6.54 Å². The van der Waals surface area contributed by atoms with Gasteiger partial charge in [0.1, 0.15) is 5.82 Å². The van der Waals surface area contributed by atoms with Crippen LogP contribution in [0.25, 0.3) is 0 Å². The van der Waals surface area contributed by atoms with Gasteiger partial charge in [-0.1, -0.05) is 43.4 Å². The van der Waals surface area contributed by atoms with Crippen LogP contribution in [-0.2, 0) is 6.42 Å². The Bertz CT molecular complexity index is 397. The van der Waals surface area contributed by atoms with E-state index in [9.17, 15) is 4.39 Å². The zero-order chi connectivity index (χ0) is 13.0. The highest BCUT2D eigenvalue weighted by Gasteiger charge is 2.30. The number of nitrogens with two attached hydrogens (primary N) is 1. The molecule has 0 spiro atoms. The summed E-state index contributed by atoms with van der Waals surface area (Å²) in [6.45, 7) is 0.648. The lowest BCUT2D eigenvalue weighted by molar-refractivity contribution is 0.249. The van der Waals surface area contributed by atoms with Crippen LogP contribution < -0.4 is 5.73 Å². The summed E-state index contributed by atoms with van der Waals surface area (Å²) < 4.78 is 13.9. The third-order valence-corrected chi connectivity index (χ3v) is 4.41. The molecule has 0 bridgehead atoms. The van der Waals surface area contributed by atoms with E-state index in [2.05, 4.69) is 0 Å². The number of rotatable bonds is 3. The number of benzene rings is 1. The molecule has 100 valence electrons. The van der Waals surface area contributed by atoms with Crippen molar-refractivity contribution in [2.24, 2.45) is 11.1 Å². The maximum atomic E-state index is 13.9. The third-order valence-electron chi connectivity index (χ3n) is 4.18. The van der Waals surface area contributed by atoms with Crippen LogP contribution in [0, 0.1) is 11.2 Å². The van der Waals surface area contributed by atoms with Crippen LogP contribution >= 0.6 is 11.6 Å². The third kappa shape index (κ3) is 3.24. The van der Waals surface area contributed by atoms with E-state index in [-0.39, 0.29) is 11.2 Å². The summed E-state index contributed by atoms with van der Waals surface area (Å²) in [5.74, 6) is -0.195. The Labute approximate surface area is 114 Å². The molecule has 0 aromatic heterocycles. The van der Waals surface area contributed by atoms with E-state index in [4.69, 9.17) is 17.3 Å². The van der Waals surface area contributed by atoms with Crippen molar-refractivity contribution in [1.29, 1.82) is 0 Å². The molecule has 1 aliphatic carbocycles. The van der Waals surface area contributed by atoms with Crippen LogP contribution in [-0.4, -0.2) is 6.54 Å². The van der Waals surface area contributed by atoms with E-state index in [0.29, 0.717) is 11.6 Å². The van der Waals surface area contributed by atoms with E-state index in [1.54, 1.807) is 12.1 Å². The molecule has 0 radical (unpaired) electrons. The summed E-state index contributed by atoms with van der Waals surface area (Å²) in [4.78, 5) is 0. The minimum absolute atomic E-state index is 0.0885. The molecule has 1 aromatic rings. The van der Waals surface area contributed by atoms with Crippen molar-refractivity contribution in [3.63, 3.8) is 0 Å². The van der Waals surface area contributed by atoms with Crippen LogP contribution in [0.4, 0.5) is 4.39 Å². The molecule has 0 unspecified atom stereocenters. The fourth-order valence-electron chi connectivity index (χ4n) is 3.00. The molecule has 18 heavy (non-hydrogen) atoms. The molecule has 0 saturated heterocycles. The Kier molecular flexibility index (Phi) is 4.63. The molecule has 0 aliphatic heterocycles. The first-order valence-corrected chi connectivity index (χ1v) is 7.17. The molecule has 2 rings (SSSR count). The summed E-state index contributed by atoms with van der Waals surface area (Å²) in [5, 5.41) is 0.457. The molecular weight excluding hydrogens is 249 g/mol. The summed E-state index contributed by atoms with van der Waals surface area (Å²) in [7, 11) is 0. The van der Waals surface area contributed by atoms with E-state index in [1.807, 2.05) is 0 Å². The van der Waals surface area contributed by atoms with Gasteiger partial charge in [0.05, 0.1) is 0 Å². The van der Waals surface area contributed by atoms with Crippen molar-refractivity contribution in [3.05, 3.63) is 34.6 Å². The van der Waals surface area contributed by atoms with Gasteiger partial charge in [0.25, 0.3) is 0 Å². The van der Waals surface area contributed by atoms with Crippen molar-refractivity contribution in [2.45, 2.75) is 44.9 Å². The van der Waals surface area contributed by atoms with Gasteiger partial charge in [-0.05, 0) is 48.9 Å². The first-order valence-electron chi connectivity index (χ1n) is 6.79. The summed E-state index contributed by atoms with van der Waals surface area (Å²) in [6, 6.07) is 4.97. The molecule has 1 aliphatic rings. The van der Waals surface area contributed by atoms with Crippen LogP contribution in [0.1, 0.15) is 44.1 Å². The predicted octanol–water partition coefficient (Wildman–Crippen LogP) is 4.32. The van der Waals surface area contributed by atoms with E-state index >= 15 is 0 Å². The normalized spacial score (nSPS) is 19.5. The second-order valence-corrected chi connectivity index (χ2v) is 5.97. The molecule has 0 atom stereocenters. The Hall–Kier alpha value is -0.600. The average molecular weight is 270 g/mol. The Balaban J connectivity index is 2.18. The van der Waals surface area contributed by atoms with Gasteiger partial charge in [-0.25, -0.2) is 4.39 Å². The van der Waals surface area contributed by atoms with Gasteiger partial charge in [0, 0.05) is 5.02 Å². The van der Waals surface area contributed by atoms with Gasteiger partial charge >= 0.3 is 0 Å². The molecule has 1 saturated carbocycles. The highest BCUT2D eigenvalue weighted by atomic mass is 35.5. The highest BCUT2D eigenvalue weighted by molar-refractivity contribution is 6.30. The number of hydrogen-bond acceptors (Lipinski definition) is 1. The fraction of sp³-hybridized carbons (Fsp3) is 0.600. The Morgan fingerprint density at radius 2 is 1.83 bits per heavy atom. The lowest BCUT2D eigenvalue weighted by Crippen LogP contribution is -2.32. The Morgan fingerprint density at radius 3 is 2.39 bits per heavy atom. The quantitative estimate of drug-likeness (QED) is 0.813. The average Bonchev–Trinajstić information content (AvgIpc) is 2.59. The van der Waals surface area contributed by atoms with Crippen LogP contribution in [0.15, 0.2) is 18.2 Å². The minimum atomic E-state index is -0.195. The SMILES string of the molecule is NCC1(Cc2ccc(Cl)cc2F)CCCCCC1. The zero-order valence-corrected chi connectivity index (χ0v) is 11.5. The molecule has 2 N–H and O–H groups in total. The van der Waals surface area contributed by atoms with Crippen molar-refractivity contribution < 1.29 is 4.39 Å². The maximum Gasteiger partial charge on any atom is 0.127 e. The lowest BCUT2D eigenvalue weighted by atomic mass is 9.75. The summed E-state index contributed by atoms with van der Waals surface area (Å²) in [5.41, 5.74) is 6.83. The van der Waals surface area contributed by atoms with E-state index in [0.717, 1.165) is 24.8 Å². The standard InChI is InChI=1S/C15H21ClFN/c16-13-6-5-12(14(17)9-13)10-15(11-18)7-3-1-2-4-8-15/h5-6,9H,1-4,7-8,10-11,18H2. The second kappa shape index (κ2) is 6.03. The first kappa shape index (κ1) is 13.8. The molecule has 3 heteroatoms. The second-order valence-electron chi connectivity index (χ2n) is 5.53. The Morgan fingerprint density at radius 1 is 1.17 bits per heavy atom. The first-order chi connectivity index (χ1) is 8.65. The smallest absolute Gasteiger partial charge is 0.127 e. The predicted molar refractivity (Wildman–Crippen MR) is 74.3 cm³/mol. The monoisotopic (exact) mass is 269 g/mol. The van der Waals surface area contributed by atoms with E-state index in [1.165, 1.54) is 31.7 Å². The van der Waals surface area contributed by atoms with Gasteiger partial charge in [0.2, 0.25) is 0 Å². The van der Waals surface area contributed by atoms with Gasteiger partial charge < -0.3 is 5.73 Å². The van der Waals surface area contributed by atoms with Gasteiger partial charge in [-0.2, -0.15) is 0 Å². The number of halogens is 2. The largest absolute Gasteiger partial charge is 0.330 e. The van der Waals surface area contributed by atoms with Crippen molar-refractivity contribution >= 4 is 11.6 Å². The molecule has 0 heterocycles. The molecule has 1 fully saturated rings. The number of hydrogen-bond donors (Lipinski definition) is 1. The minimum Gasteiger partial charge on any atom is -0.330 e. The molecular formula is C15H21ClFN. The van der Waals surface area contributed by atoms with Crippen LogP contribution in [0.2, 0.25) is 5.02 Å². The molecule has 1 nitrogen and oxygen atoms in total. The van der Waals surface area contributed by atoms with Gasteiger partial charge in [-0.3, -0.25) is 0 Å². The lowest BCUT2D eigenvalue weighted by Gasteiger charge is -2.31. The topological polar surface area (TPSA) is 26.0 Å². The van der Waals surface area contributed by atoms with Crippen molar-refractivity contribution in [1.82, 2.24) is 0 Å². The fourth-order valence-corrected chi connectivity index (χ4v) is 3.16. The van der Waals surface area contributed by atoms with Gasteiger partial charge in [-0.15, -0.1) is 0 Å². The van der Waals surface area contributed by atoms with Crippen LogP contribution in [0.3, 0.4) is 0 Å². The van der Waals surface area contributed by atoms with Crippen molar-refractivity contribution in [3.8, 4) is 0 Å². The summed E-state index contributed by atoms with van der Waals surface area (Å²) in [6.07, 6.45) is 7.97. The van der Waals surface area contributed by atoms with Gasteiger partial charge in [0.15, 0.2) is 0 Å². The zero-order valence-electron chi connectivity index (χ0n) is 10.7. The highest BCUT2D eigenvalue weighted by Crippen LogP contribution is 2.37. The molecule has 1 aromatic carbocycles. The summed E-state index contributed by atoms with van der Waals surface area (Å²) >= 11 is 5.79. The molecule has 0 amide bonds. The maximum absolute atomic E-state index is 13.9. The van der Waals surface area contributed by atoms with Crippen LogP contribution in [0.5, 0.6) is 0 Å².